The summed E-state index contributed by atoms with van der Waals surface area (Å²) in [4.78, 5) is 25.9. The maximum absolute atomic E-state index is 12.6. The van der Waals surface area contributed by atoms with Crippen molar-refractivity contribution in [2.45, 2.75) is 18.1 Å². The summed E-state index contributed by atoms with van der Waals surface area (Å²) < 4.78 is 42.4. The number of hydrogen-bond donors (Lipinski definition) is 1. The molecule has 0 fully saturated rings. The average molecular weight is 322 g/mol. The van der Waals surface area contributed by atoms with Crippen LogP contribution in [0.25, 0.3) is 0 Å². The fourth-order valence-electron chi connectivity index (χ4n) is 1.37. The smallest absolute Gasteiger partial charge is 0.433 e. The first-order valence-corrected chi connectivity index (χ1v) is 6.74. The number of nitrogens with zero attached hydrogens (tertiary/aromatic N) is 1. The first-order chi connectivity index (χ1) is 9.66. The van der Waals surface area contributed by atoms with Crippen LogP contribution in [0.2, 0.25) is 0 Å². The van der Waals surface area contributed by atoms with E-state index >= 15 is 0 Å². The standard InChI is InChI=1S/C12H13F3N2O3S/c1-6(11(19)20-2)5-21-10-7(9(16)18)3-4-8(17-10)12(13,14)15/h3-4,6H,5H2,1-2H3,(H2,16,18). The molecule has 0 bridgehead atoms. The van der Waals surface area contributed by atoms with Gasteiger partial charge in [0.25, 0.3) is 5.91 Å². The third-order valence-electron chi connectivity index (χ3n) is 2.49. The van der Waals surface area contributed by atoms with Gasteiger partial charge in [-0.05, 0) is 12.1 Å². The second-order valence-electron chi connectivity index (χ2n) is 4.15. The highest BCUT2D eigenvalue weighted by atomic mass is 32.2. The van der Waals surface area contributed by atoms with Crippen LogP contribution in [0.1, 0.15) is 23.0 Å². The molecule has 1 heterocycles. The van der Waals surface area contributed by atoms with Crippen molar-refractivity contribution in [1.29, 1.82) is 0 Å². The Morgan fingerprint density at radius 3 is 2.52 bits per heavy atom. The average Bonchev–Trinajstić information content (AvgIpc) is 2.42. The Bertz CT molecular complexity index is 549. The lowest BCUT2D eigenvalue weighted by molar-refractivity contribution is -0.144. The molecular formula is C12H13F3N2O3S. The zero-order chi connectivity index (χ0) is 16.2. The van der Waals surface area contributed by atoms with E-state index in [-0.39, 0.29) is 16.3 Å². The van der Waals surface area contributed by atoms with E-state index < -0.39 is 29.7 Å². The number of esters is 1. The fraction of sp³-hybridized carbons (Fsp3) is 0.417. The summed E-state index contributed by atoms with van der Waals surface area (Å²) in [5, 5.41) is -0.159. The van der Waals surface area contributed by atoms with E-state index in [0.717, 1.165) is 17.8 Å². The molecule has 0 aliphatic carbocycles. The van der Waals surface area contributed by atoms with Gasteiger partial charge in [-0.15, -0.1) is 11.8 Å². The first-order valence-electron chi connectivity index (χ1n) is 5.75. The van der Waals surface area contributed by atoms with E-state index in [1.807, 2.05) is 0 Å². The molecule has 0 radical (unpaired) electrons. The van der Waals surface area contributed by atoms with Crippen molar-refractivity contribution in [2.75, 3.05) is 12.9 Å². The van der Waals surface area contributed by atoms with Crippen LogP contribution in [0, 0.1) is 5.92 Å². The monoisotopic (exact) mass is 322 g/mol. The molecule has 0 saturated heterocycles. The number of rotatable bonds is 5. The van der Waals surface area contributed by atoms with Gasteiger partial charge in [-0.2, -0.15) is 13.2 Å². The normalized spacial score (nSPS) is 12.8. The highest BCUT2D eigenvalue weighted by Crippen LogP contribution is 2.31. The number of carbonyl (C=O) groups excluding carboxylic acids is 2. The van der Waals surface area contributed by atoms with Gasteiger partial charge < -0.3 is 10.5 Å². The SMILES string of the molecule is COC(=O)C(C)CSc1nc(C(F)(F)F)ccc1C(N)=O. The van der Waals surface area contributed by atoms with Gasteiger partial charge in [0.1, 0.15) is 10.7 Å². The zero-order valence-corrected chi connectivity index (χ0v) is 12.0. The number of methoxy groups -OCH3 is 1. The molecule has 0 aliphatic heterocycles. The summed E-state index contributed by atoms with van der Waals surface area (Å²) in [5.74, 6) is -1.84. The Morgan fingerprint density at radius 2 is 2.05 bits per heavy atom. The first kappa shape index (κ1) is 17.3. The molecule has 1 rings (SSSR count). The van der Waals surface area contributed by atoms with Crippen LogP contribution in [0.4, 0.5) is 13.2 Å². The number of carbonyl (C=O) groups is 2. The van der Waals surface area contributed by atoms with Crippen LogP contribution < -0.4 is 5.73 Å². The molecule has 21 heavy (non-hydrogen) atoms. The van der Waals surface area contributed by atoms with Crippen molar-refractivity contribution in [2.24, 2.45) is 11.7 Å². The number of hydrogen-bond acceptors (Lipinski definition) is 5. The minimum absolute atomic E-state index is 0.112. The van der Waals surface area contributed by atoms with Crippen molar-refractivity contribution < 1.29 is 27.5 Å². The van der Waals surface area contributed by atoms with E-state index in [1.54, 1.807) is 6.92 Å². The number of aromatic nitrogens is 1. The van der Waals surface area contributed by atoms with Crippen LogP contribution in [0.5, 0.6) is 0 Å². The van der Waals surface area contributed by atoms with E-state index in [1.165, 1.54) is 7.11 Å². The molecule has 0 aromatic carbocycles. The number of nitrogens with two attached hydrogens (primary N) is 1. The molecule has 116 valence electrons. The third-order valence-corrected chi connectivity index (χ3v) is 3.74. The largest absolute Gasteiger partial charge is 0.469 e. The molecule has 1 aromatic heterocycles. The van der Waals surface area contributed by atoms with Crippen LogP contribution in [0.15, 0.2) is 17.2 Å². The molecule has 2 N–H and O–H groups in total. The number of pyridine rings is 1. The van der Waals surface area contributed by atoms with E-state index in [0.29, 0.717) is 6.07 Å². The van der Waals surface area contributed by atoms with Crippen molar-refractivity contribution in [1.82, 2.24) is 4.98 Å². The van der Waals surface area contributed by atoms with Crippen molar-refractivity contribution in [3.8, 4) is 0 Å². The van der Waals surface area contributed by atoms with Crippen molar-refractivity contribution in [3.05, 3.63) is 23.4 Å². The molecule has 1 amide bonds. The third kappa shape index (κ3) is 4.62. The predicted octanol–water partition coefficient (Wildman–Crippen LogP) is 2.10. The second-order valence-corrected chi connectivity index (χ2v) is 5.16. The highest BCUT2D eigenvalue weighted by molar-refractivity contribution is 7.99. The van der Waals surface area contributed by atoms with Crippen LogP contribution >= 0.6 is 11.8 Å². The van der Waals surface area contributed by atoms with Crippen molar-refractivity contribution in [3.63, 3.8) is 0 Å². The van der Waals surface area contributed by atoms with Crippen LogP contribution in [0.3, 0.4) is 0 Å². The van der Waals surface area contributed by atoms with Gasteiger partial charge in [-0.25, -0.2) is 4.98 Å². The predicted molar refractivity (Wildman–Crippen MR) is 69.7 cm³/mol. The second kappa shape index (κ2) is 6.79. The minimum Gasteiger partial charge on any atom is -0.469 e. The summed E-state index contributed by atoms with van der Waals surface area (Å²) in [5.41, 5.74) is 3.86. The molecule has 1 aromatic rings. The number of thioether (sulfide) groups is 1. The van der Waals surface area contributed by atoms with E-state index in [4.69, 9.17) is 5.73 Å². The van der Waals surface area contributed by atoms with Gasteiger partial charge in [0, 0.05) is 5.75 Å². The topological polar surface area (TPSA) is 82.3 Å². The highest BCUT2D eigenvalue weighted by Gasteiger charge is 2.33. The number of halogens is 3. The van der Waals surface area contributed by atoms with Crippen LogP contribution in [-0.4, -0.2) is 29.7 Å². The summed E-state index contributed by atoms with van der Waals surface area (Å²) in [6.45, 7) is 1.55. The molecule has 5 nitrogen and oxygen atoms in total. The summed E-state index contributed by atoms with van der Waals surface area (Å²) >= 11 is 0.845. The van der Waals surface area contributed by atoms with Gasteiger partial charge in [0.2, 0.25) is 0 Å². The number of primary amides is 1. The Labute approximate surface area is 123 Å². The van der Waals surface area contributed by atoms with Gasteiger partial charge in [0.05, 0.1) is 18.6 Å². The van der Waals surface area contributed by atoms with Gasteiger partial charge in [-0.1, -0.05) is 6.92 Å². The van der Waals surface area contributed by atoms with Crippen molar-refractivity contribution >= 4 is 23.6 Å². The quantitative estimate of drug-likeness (QED) is 0.663. The Kier molecular flexibility index (Phi) is 5.59. The number of alkyl halides is 3. The summed E-state index contributed by atoms with van der Waals surface area (Å²) in [6.07, 6.45) is -4.63. The van der Waals surface area contributed by atoms with E-state index in [9.17, 15) is 22.8 Å². The molecule has 0 spiro atoms. The Hall–Kier alpha value is -1.77. The lowest BCUT2D eigenvalue weighted by Gasteiger charge is -2.12. The lowest BCUT2D eigenvalue weighted by Crippen LogP contribution is -2.18. The fourth-order valence-corrected chi connectivity index (χ4v) is 2.40. The lowest BCUT2D eigenvalue weighted by atomic mass is 10.2. The summed E-state index contributed by atoms with van der Waals surface area (Å²) in [7, 11) is 1.21. The number of ether oxygens (including phenoxy) is 1. The van der Waals surface area contributed by atoms with Crippen LogP contribution in [-0.2, 0) is 15.7 Å². The number of amides is 1. The summed E-state index contributed by atoms with van der Waals surface area (Å²) in [6, 6.07) is 1.66. The minimum atomic E-state index is -4.63. The Balaban J connectivity index is 3.02. The maximum Gasteiger partial charge on any atom is 0.433 e. The maximum atomic E-state index is 12.6. The van der Waals surface area contributed by atoms with Gasteiger partial charge >= 0.3 is 12.1 Å². The molecule has 9 heteroatoms. The molecular weight excluding hydrogens is 309 g/mol. The molecule has 0 saturated carbocycles. The molecule has 1 atom stereocenters. The molecule has 1 unspecified atom stereocenters. The van der Waals surface area contributed by atoms with E-state index in [2.05, 4.69) is 9.72 Å². The van der Waals surface area contributed by atoms with Gasteiger partial charge in [0.15, 0.2) is 0 Å². The zero-order valence-electron chi connectivity index (χ0n) is 11.2. The molecule has 0 aliphatic rings. The Morgan fingerprint density at radius 1 is 1.43 bits per heavy atom. The van der Waals surface area contributed by atoms with Gasteiger partial charge in [-0.3, -0.25) is 9.59 Å².